The first-order valence-corrected chi connectivity index (χ1v) is 11.3. The van der Waals surface area contributed by atoms with Crippen molar-refractivity contribution in [2.24, 2.45) is 0 Å². The lowest BCUT2D eigenvalue weighted by atomic mass is 10.1. The summed E-state index contributed by atoms with van der Waals surface area (Å²) in [4.78, 5) is 35.4. The predicted octanol–water partition coefficient (Wildman–Crippen LogP) is 2.06. The molecule has 29 heavy (non-hydrogen) atoms. The second-order valence-corrected chi connectivity index (χ2v) is 9.08. The van der Waals surface area contributed by atoms with E-state index < -0.39 is 12.0 Å². The average Bonchev–Trinajstić information content (AvgIpc) is 3.27. The second-order valence-electron chi connectivity index (χ2n) is 7.03. The van der Waals surface area contributed by atoms with Gasteiger partial charge in [0, 0.05) is 10.3 Å². The number of carbonyl (C=O) groups excluding carboxylic acids is 2. The van der Waals surface area contributed by atoms with Crippen molar-refractivity contribution in [2.45, 2.75) is 43.7 Å². The maximum atomic E-state index is 12.5. The molecule has 0 saturated heterocycles. The Kier molecular flexibility index (Phi) is 5.82. The largest absolute Gasteiger partial charge is 0.548 e. The highest BCUT2D eigenvalue weighted by molar-refractivity contribution is 8.00. The van der Waals surface area contributed by atoms with Crippen LogP contribution in [0.15, 0.2) is 35.4 Å². The van der Waals surface area contributed by atoms with Gasteiger partial charge in [0.25, 0.3) is 0 Å². The topological polar surface area (TPSA) is 95.0 Å². The Morgan fingerprint density at radius 3 is 2.79 bits per heavy atom. The van der Waals surface area contributed by atoms with Gasteiger partial charge in [0.1, 0.15) is 15.7 Å². The van der Waals surface area contributed by atoms with Gasteiger partial charge in [-0.1, -0.05) is 42.1 Å². The molecule has 2 heterocycles. The minimum Gasteiger partial charge on any atom is -0.548 e. The fraction of sp³-hybridized carbons (Fsp3) is 0.333. The van der Waals surface area contributed by atoms with Gasteiger partial charge in [-0.3, -0.25) is 4.79 Å². The maximum Gasteiger partial charge on any atom is 0.230 e. The summed E-state index contributed by atoms with van der Waals surface area (Å²) in [5.41, 5.74) is 2.14. The summed E-state index contributed by atoms with van der Waals surface area (Å²) in [5.74, 6) is -0.870. The molecule has 4 rings (SSSR count). The number of amides is 1. The Hall–Kier alpha value is -2.45. The van der Waals surface area contributed by atoms with E-state index in [1.54, 1.807) is 11.3 Å². The molecule has 2 aromatic heterocycles. The average molecular weight is 427 g/mol. The van der Waals surface area contributed by atoms with Gasteiger partial charge in [0.15, 0.2) is 0 Å². The first-order chi connectivity index (χ1) is 14.0. The first-order valence-electron chi connectivity index (χ1n) is 9.47. The number of hydrogen-bond acceptors (Lipinski definition) is 7. The summed E-state index contributed by atoms with van der Waals surface area (Å²) >= 11 is 3.05. The van der Waals surface area contributed by atoms with Gasteiger partial charge in [0.05, 0.1) is 17.8 Å². The molecule has 1 aliphatic carbocycles. The molecule has 0 fully saturated rings. The monoisotopic (exact) mass is 426 g/mol. The third-order valence-corrected chi connectivity index (χ3v) is 7.05. The van der Waals surface area contributed by atoms with Crippen LogP contribution < -0.4 is 10.4 Å². The molecule has 0 bridgehead atoms. The molecule has 1 atom stereocenters. The van der Waals surface area contributed by atoms with Crippen LogP contribution in [0.25, 0.3) is 10.2 Å². The lowest BCUT2D eigenvalue weighted by molar-refractivity contribution is -0.308. The molecule has 8 heteroatoms. The Morgan fingerprint density at radius 1 is 1.24 bits per heavy atom. The van der Waals surface area contributed by atoms with Crippen LogP contribution in [0.3, 0.4) is 0 Å². The number of carbonyl (C=O) groups is 2. The number of nitrogens with zero attached hydrogens (tertiary/aromatic N) is 2. The zero-order chi connectivity index (χ0) is 20.4. The van der Waals surface area contributed by atoms with Crippen molar-refractivity contribution in [3.63, 3.8) is 0 Å². The van der Waals surface area contributed by atoms with E-state index in [9.17, 15) is 14.7 Å². The predicted molar refractivity (Wildman–Crippen MR) is 112 cm³/mol. The van der Waals surface area contributed by atoms with Gasteiger partial charge in [-0.25, -0.2) is 9.97 Å². The summed E-state index contributed by atoms with van der Waals surface area (Å²) in [6, 6.07) is 8.12. The molecular weight excluding hydrogens is 406 g/mol. The number of carboxylic acid groups (broad SMARTS) is 1. The molecule has 1 N–H and O–H groups in total. The number of fused-ring (bicyclic) bond motifs is 3. The molecule has 150 valence electrons. The Morgan fingerprint density at radius 2 is 2.03 bits per heavy atom. The number of aliphatic carboxylic acids is 1. The van der Waals surface area contributed by atoms with E-state index in [-0.39, 0.29) is 18.1 Å². The van der Waals surface area contributed by atoms with Crippen molar-refractivity contribution >= 4 is 45.2 Å². The second kappa shape index (κ2) is 8.51. The summed E-state index contributed by atoms with van der Waals surface area (Å²) in [6.45, 7) is 1.85. The number of aromatic nitrogens is 2. The van der Waals surface area contributed by atoms with Gasteiger partial charge in [-0.05, 0) is 43.7 Å². The zero-order valence-electron chi connectivity index (χ0n) is 15.9. The summed E-state index contributed by atoms with van der Waals surface area (Å²) in [6.07, 6.45) is 3.43. The van der Waals surface area contributed by atoms with Crippen molar-refractivity contribution in [3.8, 4) is 0 Å². The number of nitrogens with one attached hydrogen (secondary N) is 1. The van der Waals surface area contributed by atoms with Crippen LogP contribution in [0.1, 0.15) is 28.2 Å². The van der Waals surface area contributed by atoms with Crippen LogP contribution in [-0.2, 0) is 28.9 Å². The van der Waals surface area contributed by atoms with Gasteiger partial charge in [-0.15, -0.1) is 11.3 Å². The molecule has 1 amide bonds. The summed E-state index contributed by atoms with van der Waals surface area (Å²) in [5, 5.41) is 15.9. The third kappa shape index (κ3) is 4.43. The molecule has 0 spiro atoms. The Balaban J connectivity index is 1.46. The Bertz CT molecular complexity index is 1070. The normalized spacial score (nSPS) is 14.0. The number of rotatable bonds is 7. The van der Waals surface area contributed by atoms with Gasteiger partial charge in [0.2, 0.25) is 5.91 Å². The van der Waals surface area contributed by atoms with Gasteiger partial charge in [-0.2, -0.15) is 0 Å². The van der Waals surface area contributed by atoms with Crippen LogP contribution in [0.5, 0.6) is 0 Å². The number of thiophene rings is 1. The fourth-order valence-corrected chi connectivity index (χ4v) is 5.86. The van der Waals surface area contributed by atoms with Gasteiger partial charge < -0.3 is 15.2 Å². The van der Waals surface area contributed by atoms with Crippen molar-refractivity contribution in [1.29, 1.82) is 0 Å². The smallest absolute Gasteiger partial charge is 0.230 e. The van der Waals surface area contributed by atoms with Crippen LogP contribution in [0.4, 0.5) is 0 Å². The number of aryl methyl sites for hydroxylation is 3. The van der Waals surface area contributed by atoms with Crippen LogP contribution in [-0.4, -0.2) is 33.6 Å². The van der Waals surface area contributed by atoms with E-state index in [1.807, 2.05) is 37.3 Å². The van der Waals surface area contributed by atoms with Crippen LogP contribution in [0, 0.1) is 6.92 Å². The fourth-order valence-electron chi connectivity index (χ4n) is 3.58. The molecule has 3 aromatic rings. The number of carboxylic acids is 1. The SMILES string of the molecule is Cc1nc(SCC(=O)NC(Cc2ccccc2)C(=O)[O-])c2c3c(sc2n1)CCC3. The minimum absolute atomic E-state index is 0.0920. The van der Waals surface area contributed by atoms with E-state index in [0.29, 0.717) is 5.82 Å². The lowest BCUT2D eigenvalue weighted by Crippen LogP contribution is -2.49. The third-order valence-electron chi connectivity index (χ3n) is 4.89. The van der Waals surface area contributed by atoms with Crippen molar-refractivity contribution in [2.75, 3.05) is 5.75 Å². The van der Waals surface area contributed by atoms with Gasteiger partial charge >= 0.3 is 0 Å². The Labute approximate surface area is 176 Å². The molecule has 1 unspecified atom stereocenters. The maximum absolute atomic E-state index is 12.5. The van der Waals surface area contributed by atoms with Crippen LogP contribution >= 0.6 is 23.1 Å². The highest BCUT2D eigenvalue weighted by atomic mass is 32.2. The molecule has 1 aromatic carbocycles. The van der Waals surface area contributed by atoms with E-state index in [0.717, 1.165) is 40.1 Å². The van der Waals surface area contributed by atoms with Crippen molar-refractivity contribution in [1.82, 2.24) is 15.3 Å². The molecule has 1 aliphatic rings. The molecule has 6 nitrogen and oxygen atoms in total. The highest BCUT2D eigenvalue weighted by Gasteiger charge is 2.23. The van der Waals surface area contributed by atoms with Crippen molar-refractivity contribution < 1.29 is 14.7 Å². The van der Waals surface area contributed by atoms with Crippen molar-refractivity contribution in [3.05, 3.63) is 52.2 Å². The number of hydrogen-bond donors (Lipinski definition) is 1. The quantitative estimate of drug-likeness (QED) is 0.459. The number of thioether (sulfide) groups is 1. The summed E-state index contributed by atoms with van der Waals surface area (Å²) < 4.78 is 0. The van der Waals surface area contributed by atoms with E-state index in [2.05, 4.69) is 15.3 Å². The molecule has 0 saturated carbocycles. The lowest BCUT2D eigenvalue weighted by Gasteiger charge is -2.19. The molecular formula is C21H20N3O3S2-. The highest BCUT2D eigenvalue weighted by Crippen LogP contribution is 2.40. The van der Waals surface area contributed by atoms with E-state index >= 15 is 0 Å². The minimum atomic E-state index is -1.29. The van der Waals surface area contributed by atoms with E-state index in [4.69, 9.17) is 0 Å². The standard InChI is InChI=1S/C21H21N3O3S2/c1-12-22-19(18-14-8-5-9-16(14)29-20(18)23-12)28-11-17(25)24-15(21(26)27)10-13-6-3-2-4-7-13/h2-4,6-7,15H,5,8-11H2,1H3,(H,24,25)(H,26,27)/p-1. The van der Waals surface area contributed by atoms with E-state index in [1.165, 1.54) is 22.2 Å². The zero-order valence-corrected chi connectivity index (χ0v) is 17.6. The molecule has 0 radical (unpaired) electrons. The molecule has 0 aliphatic heterocycles. The summed E-state index contributed by atoms with van der Waals surface area (Å²) in [7, 11) is 0. The number of benzene rings is 1. The first kappa shape index (κ1) is 19.8. The van der Waals surface area contributed by atoms with Crippen LogP contribution in [0.2, 0.25) is 0 Å².